The van der Waals surface area contributed by atoms with Gasteiger partial charge in [-0.1, -0.05) is 31.5 Å². The molecule has 2 heteroatoms. The maximum absolute atomic E-state index is 6.29. The molecule has 2 bridgehead atoms. The first kappa shape index (κ1) is 14.9. The predicted octanol–water partition coefficient (Wildman–Crippen LogP) is 4.09. The summed E-state index contributed by atoms with van der Waals surface area (Å²) in [5, 5.41) is 0. The molecule has 4 atom stereocenters. The number of para-hydroxylation sites is 1. The van der Waals surface area contributed by atoms with E-state index in [9.17, 15) is 0 Å². The van der Waals surface area contributed by atoms with Crippen molar-refractivity contribution in [2.45, 2.75) is 58.4 Å². The van der Waals surface area contributed by atoms with Gasteiger partial charge in [0.2, 0.25) is 0 Å². The summed E-state index contributed by atoms with van der Waals surface area (Å²) in [5.74, 6) is 3.81. The molecule has 0 aromatic heterocycles. The summed E-state index contributed by atoms with van der Waals surface area (Å²) in [6.07, 6.45) is 7.67. The average Bonchev–Trinajstić information content (AvgIpc) is 3.09. The van der Waals surface area contributed by atoms with Crippen molar-refractivity contribution in [2.24, 2.45) is 23.5 Å². The summed E-state index contributed by atoms with van der Waals surface area (Å²) in [7, 11) is 0. The second-order valence-electron chi connectivity index (χ2n) is 7.18. The van der Waals surface area contributed by atoms with Gasteiger partial charge < -0.3 is 10.5 Å². The van der Waals surface area contributed by atoms with Crippen LogP contribution in [-0.2, 0) is 6.42 Å². The number of aryl methyl sites for hydroxylation is 1. The van der Waals surface area contributed by atoms with Crippen molar-refractivity contribution < 1.29 is 4.74 Å². The van der Waals surface area contributed by atoms with Gasteiger partial charge in [0.15, 0.2) is 0 Å². The minimum atomic E-state index is 0.233. The maximum atomic E-state index is 6.29. The molecule has 0 saturated heterocycles. The molecule has 0 spiro atoms. The zero-order chi connectivity index (χ0) is 14.8. The van der Waals surface area contributed by atoms with Crippen LogP contribution in [-0.4, -0.2) is 12.6 Å². The smallest absolute Gasteiger partial charge is 0.125 e. The number of fused-ring (bicyclic) bond motifs is 2. The molecule has 0 amide bonds. The largest absolute Gasteiger partial charge is 0.493 e. The molecule has 3 rings (SSSR count). The Hall–Kier alpha value is -1.02. The zero-order valence-electron chi connectivity index (χ0n) is 13.5. The van der Waals surface area contributed by atoms with Crippen LogP contribution in [0.3, 0.4) is 0 Å². The lowest BCUT2D eigenvalue weighted by Gasteiger charge is -2.23. The van der Waals surface area contributed by atoms with E-state index in [1.54, 1.807) is 0 Å². The second kappa shape index (κ2) is 6.39. The Kier molecular flexibility index (Phi) is 4.54. The molecule has 116 valence electrons. The third-order valence-corrected chi connectivity index (χ3v) is 5.63. The zero-order valence-corrected chi connectivity index (χ0v) is 13.5. The van der Waals surface area contributed by atoms with E-state index < -0.39 is 0 Å². The van der Waals surface area contributed by atoms with Gasteiger partial charge in [0.05, 0.1) is 6.61 Å². The summed E-state index contributed by atoms with van der Waals surface area (Å²) in [4.78, 5) is 0. The van der Waals surface area contributed by atoms with Crippen molar-refractivity contribution in [1.29, 1.82) is 0 Å². The summed E-state index contributed by atoms with van der Waals surface area (Å²) in [5.41, 5.74) is 8.67. The van der Waals surface area contributed by atoms with E-state index in [1.165, 1.54) is 36.8 Å². The van der Waals surface area contributed by atoms with E-state index in [-0.39, 0.29) is 6.04 Å². The van der Waals surface area contributed by atoms with E-state index in [4.69, 9.17) is 10.5 Å². The third-order valence-electron chi connectivity index (χ3n) is 5.63. The fourth-order valence-corrected chi connectivity index (χ4v) is 4.28. The SMILES string of the molecule is CCC(N)Cc1cccc(C)c1OCC1CC2CCC1C2. The summed E-state index contributed by atoms with van der Waals surface area (Å²) < 4.78 is 6.29. The van der Waals surface area contributed by atoms with Crippen molar-refractivity contribution in [3.63, 3.8) is 0 Å². The third kappa shape index (κ3) is 3.26. The van der Waals surface area contributed by atoms with Crippen LogP contribution < -0.4 is 10.5 Å². The summed E-state index contributed by atoms with van der Waals surface area (Å²) >= 11 is 0. The van der Waals surface area contributed by atoms with Crippen molar-refractivity contribution in [3.05, 3.63) is 29.3 Å². The van der Waals surface area contributed by atoms with Crippen molar-refractivity contribution >= 4 is 0 Å². The van der Waals surface area contributed by atoms with Crippen LogP contribution in [0.5, 0.6) is 5.75 Å². The number of benzene rings is 1. The van der Waals surface area contributed by atoms with Crippen LogP contribution in [0.15, 0.2) is 18.2 Å². The Bertz CT molecular complexity index is 484. The van der Waals surface area contributed by atoms with Crippen molar-refractivity contribution in [3.8, 4) is 5.75 Å². The average molecular weight is 287 g/mol. The van der Waals surface area contributed by atoms with Crippen molar-refractivity contribution in [2.75, 3.05) is 6.61 Å². The Morgan fingerprint density at radius 2 is 2.14 bits per heavy atom. The van der Waals surface area contributed by atoms with Gasteiger partial charge in [0.1, 0.15) is 5.75 Å². The van der Waals surface area contributed by atoms with Crippen LogP contribution in [0.4, 0.5) is 0 Å². The number of hydrogen-bond acceptors (Lipinski definition) is 2. The lowest BCUT2D eigenvalue weighted by atomic mass is 9.89. The van der Waals surface area contributed by atoms with Gasteiger partial charge in [-0.3, -0.25) is 0 Å². The molecule has 4 unspecified atom stereocenters. The molecule has 2 aliphatic rings. The Morgan fingerprint density at radius 3 is 2.81 bits per heavy atom. The molecule has 2 saturated carbocycles. The number of nitrogens with two attached hydrogens (primary N) is 1. The fourth-order valence-electron chi connectivity index (χ4n) is 4.28. The highest BCUT2D eigenvalue weighted by Crippen LogP contribution is 2.48. The highest BCUT2D eigenvalue weighted by atomic mass is 16.5. The molecule has 2 aliphatic carbocycles. The molecule has 21 heavy (non-hydrogen) atoms. The van der Waals surface area contributed by atoms with Gasteiger partial charge in [-0.25, -0.2) is 0 Å². The van der Waals surface area contributed by atoms with E-state index in [0.717, 1.165) is 43.0 Å². The van der Waals surface area contributed by atoms with Crippen LogP contribution in [0.2, 0.25) is 0 Å². The standard InChI is InChI=1S/C19H29NO/c1-3-18(20)11-16-6-4-5-13(2)19(16)21-12-17-10-14-7-8-15(17)9-14/h4-6,14-15,17-18H,3,7-12,20H2,1-2H3. The monoisotopic (exact) mass is 287 g/mol. The molecule has 0 heterocycles. The van der Waals surface area contributed by atoms with E-state index in [2.05, 4.69) is 32.0 Å². The quantitative estimate of drug-likeness (QED) is 0.855. The normalized spacial score (nSPS) is 28.8. The van der Waals surface area contributed by atoms with Gasteiger partial charge >= 0.3 is 0 Å². The van der Waals surface area contributed by atoms with Crippen LogP contribution in [0.1, 0.15) is 50.2 Å². The van der Waals surface area contributed by atoms with Gasteiger partial charge in [0.25, 0.3) is 0 Å². The van der Waals surface area contributed by atoms with Crippen molar-refractivity contribution in [1.82, 2.24) is 0 Å². The Balaban J connectivity index is 1.66. The van der Waals surface area contributed by atoms with Gasteiger partial charge in [-0.05, 0) is 67.9 Å². The van der Waals surface area contributed by atoms with E-state index >= 15 is 0 Å². The van der Waals surface area contributed by atoms with Gasteiger partial charge in [-0.15, -0.1) is 0 Å². The molecule has 2 fully saturated rings. The summed E-state index contributed by atoms with van der Waals surface area (Å²) in [6, 6.07) is 6.68. The minimum absolute atomic E-state index is 0.233. The van der Waals surface area contributed by atoms with Crippen LogP contribution in [0.25, 0.3) is 0 Å². The lowest BCUT2D eigenvalue weighted by molar-refractivity contribution is 0.193. The fraction of sp³-hybridized carbons (Fsp3) is 0.684. The molecule has 0 aliphatic heterocycles. The topological polar surface area (TPSA) is 35.2 Å². The van der Waals surface area contributed by atoms with Crippen LogP contribution in [0, 0.1) is 24.7 Å². The molecule has 1 aromatic rings. The van der Waals surface area contributed by atoms with Gasteiger partial charge in [-0.2, -0.15) is 0 Å². The number of rotatable bonds is 6. The molecule has 2 N–H and O–H groups in total. The first-order chi connectivity index (χ1) is 10.2. The highest BCUT2D eigenvalue weighted by molar-refractivity contribution is 5.41. The minimum Gasteiger partial charge on any atom is -0.493 e. The lowest BCUT2D eigenvalue weighted by Crippen LogP contribution is -2.23. The van der Waals surface area contributed by atoms with E-state index in [1.807, 2.05) is 0 Å². The first-order valence-corrected chi connectivity index (χ1v) is 8.64. The van der Waals surface area contributed by atoms with Crippen LogP contribution >= 0.6 is 0 Å². The number of hydrogen-bond donors (Lipinski definition) is 1. The molecular weight excluding hydrogens is 258 g/mol. The molecular formula is C19H29NO. The molecule has 1 aromatic carbocycles. The molecule has 0 radical (unpaired) electrons. The second-order valence-corrected chi connectivity index (χ2v) is 7.18. The number of ether oxygens (including phenoxy) is 1. The Morgan fingerprint density at radius 1 is 1.29 bits per heavy atom. The highest BCUT2D eigenvalue weighted by Gasteiger charge is 2.39. The van der Waals surface area contributed by atoms with Gasteiger partial charge in [0, 0.05) is 6.04 Å². The summed E-state index contributed by atoms with van der Waals surface area (Å²) in [6.45, 7) is 5.20. The maximum Gasteiger partial charge on any atom is 0.125 e. The molecule has 2 nitrogen and oxygen atoms in total. The Labute approximate surface area is 129 Å². The predicted molar refractivity (Wildman–Crippen MR) is 87.6 cm³/mol. The van der Waals surface area contributed by atoms with E-state index in [0.29, 0.717) is 0 Å². The first-order valence-electron chi connectivity index (χ1n) is 8.64.